The topological polar surface area (TPSA) is 40.6 Å². The largest absolute Gasteiger partial charge is 0.282 e. The van der Waals surface area contributed by atoms with Crippen molar-refractivity contribution in [3.63, 3.8) is 0 Å². The number of fused-ring (bicyclic) bond motifs is 1. The second-order valence-electron chi connectivity index (χ2n) is 3.20. The highest BCUT2D eigenvalue weighted by molar-refractivity contribution is 7.87. The first-order chi connectivity index (χ1) is 5.12. The summed E-state index contributed by atoms with van der Waals surface area (Å²) >= 11 is 0. The van der Waals surface area contributed by atoms with E-state index in [-0.39, 0.29) is 6.04 Å². The van der Waals surface area contributed by atoms with Crippen molar-refractivity contribution in [2.75, 3.05) is 20.1 Å². The van der Waals surface area contributed by atoms with Crippen LogP contribution in [-0.4, -0.2) is 43.2 Å². The van der Waals surface area contributed by atoms with Crippen LogP contribution in [0.3, 0.4) is 0 Å². The van der Waals surface area contributed by atoms with Gasteiger partial charge in [0.2, 0.25) is 0 Å². The van der Waals surface area contributed by atoms with Gasteiger partial charge in [0.15, 0.2) is 0 Å². The van der Waals surface area contributed by atoms with Gasteiger partial charge < -0.3 is 0 Å². The van der Waals surface area contributed by atoms with Gasteiger partial charge in [0.25, 0.3) is 10.2 Å². The number of likely N-dealkylation sites (N-methyl/N-ethyl adjacent to an activating group) is 1. The minimum absolute atomic E-state index is 0.269. The molecular formula is C6H12N2O2S. The molecule has 2 aliphatic rings. The third-order valence-corrected chi connectivity index (χ3v) is 4.49. The third-order valence-electron chi connectivity index (χ3n) is 2.48. The number of hydrogen-bond acceptors (Lipinski definition) is 2. The molecule has 5 heteroatoms. The van der Waals surface area contributed by atoms with E-state index in [0.29, 0.717) is 6.54 Å². The molecule has 2 rings (SSSR count). The van der Waals surface area contributed by atoms with E-state index in [1.165, 1.54) is 4.31 Å². The highest BCUT2D eigenvalue weighted by Gasteiger charge is 2.43. The van der Waals surface area contributed by atoms with Crippen LogP contribution in [0.4, 0.5) is 0 Å². The van der Waals surface area contributed by atoms with Crippen molar-refractivity contribution >= 4 is 10.2 Å². The van der Waals surface area contributed by atoms with E-state index >= 15 is 0 Å². The number of nitrogens with zero attached hydrogens (tertiary/aromatic N) is 2. The van der Waals surface area contributed by atoms with Crippen LogP contribution in [0.15, 0.2) is 0 Å². The van der Waals surface area contributed by atoms with Gasteiger partial charge in [-0.2, -0.15) is 17.0 Å². The minimum Gasteiger partial charge on any atom is -0.195 e. The Bertz CT molecular complexity index is 262. The molecule has 0 aliphatic carbocycles. The average Bonchev–Trinajstić information content (AvgIpc) is 2.41. The Kier molecular flexibility index (Phi) is 1.49. The maximum atomic E-state index is 11.4. The van der Waals surface area contributed by atoms with Crippen LogP contribution in [0.25, 0.3) is 0 Å². The SMILES string of the molecule is CN1CC2CCCN2S1(=O)=O. The van der Waals surface area contributed by atoms with Crippen LogP contribution < -0.4 is 0 Å². The molecule has 0 N–H and O–H groups in total. The lowest BCUT2D eigenvalue weighted by molar-refractivity contribution is 0.426. The van der Waals surface area contributed by atoms with Crippen LogP contribution in [0.1, 0.15) is 12.8 Å². The Morgan fingerprint density at radius 3 is 2.82 bits per heavy atom. The van der Waals surface area contributed by atoms with Gasteiger partial charge in [-0.3, -0.25) is 0 Å². The quantitative estimate of drug-likeness (QED) is 0.506. The fourth-order valence-electron chi connectivity index (χ4n) is 1.87. The van der Waals surface area contributed by atoms with Gasteiger partial charge in [0.05, 0.1) is 0 Å². The van der Waals surface area contributed by atoms with Crippen molar-refractivity contribution < 1.29 is 8.42 Å². The molecule has 11 heavy (non-hydrogen) atoms. The van der Waals surface area contributed by atoms with E-state index in [4.69, 9.17) is 0 Å². The number of rotatable bonds is 0. The second-order valence-corrected chi connectivity index (χ2v) is 5.18. The second kappa shape index (κ2) is 2.18. The maximum Gasteiger partial charge on any atom is 0.282 e. The molecule has 1 unspecified atom stereocenters. The van der Waals surface area contributed by atoms with Gasteiger partial charge in [-0.15, -0.1) is 0 Å². The summed E-state index contributed by atoms with van der Waals surface area (Å²) in [5.41, 5.74) is 0. The summed E-state index contributed by atoms with van der Waals surface area (Å²) in [5.74, 6) is 0. The lowest BCUT2D eigenvalue weighted by Gasteiger charge is -2.12. The fraction of sp³-hybridized carbons (Fsp3) is 1.00. The molecule has 64 valence electrons. The highest BCUT2D eigenvalue weighted by atomic mass is 32.2. The van der Waals surface area contributed by atoms with Crippen molar-refractivity contribution in [1.82, 2.24) is 8.61 Å². The Morgan fingerprint density at radius 2 is 2.18 bits per heavy atom. The first kappa shape index (κ1) is 7.52. The lowest BCUT2D eigenvalue weighted by atomic mass is 10.2. The zero-order chi connectivity index (χ0) is 8.06. The molecular weight excluding hydrogens is 164 g/mol. The van der Waals surface area contributed by atoms with Crippen molar-refractivity contribution in [2.45, 2.75) is 18.9 Å². The lowest BCUT2D eigenvalue weighted by Crippen LogP contribution is -2.30. The molecule has 0 spiro atoms. The summed E-state index contributed by atoms with van der Waals surface area (Å²) in [7, 11) is -1.39. The molecule has 2 saturated heterocycles. The van der Waals surface area contributed by atoms with Gasteiger partial charge in [-0.1, -0.05) is 0 Å². The molecule has 4 nitrogen and oxygen atoms in total. The molecule has 2 aliphatic heterocycles. The molecule has 0 aromatic carbocycles. The minimum atomic E-state index is -3.04. The monoisotopic (exact) mass is 176 g/mol. The van der Waals surface area contributed by atoms with E-state index in [1.54, 1.807) is 11.4 Å². The van der Waals surface area contributed by atoms with Crippen molar-refractivity contribution in [3.05, 3.63) is 0 Å². The predicted molar refractivity (Wildman–Crippen MR) is 41.3 cm³/mol. The van der Waals surface area contributed by atoms with Gasteiger partial charge in [0, 0.05) is 26.2 Å². The van der Waals surface area contributed by atoms with E-state index in [9.17, 15) is 8.42 Å². The molecule has 0 aromatic rings. The fourth-order valence-corrected chi connectivity index (χ4v) is 3.49. The molecule has 0 radical (unpaired) electrons. The normalized spacial score (nSPS) is 37.7. The Labute approximate surface area is 67.0 Å². The van der Waals surface area contributed by atoms with E-state index < -0.39 is 10.2 Å². The zero-order valence-electron chi connectivity index (χ0n) is 6.52. The van der Waals surface area contributed by atoms with Crippen LogP contribution >= 0.6 is 0 Å². The Balaban J connectivity index is 2.35. The first-order valence-corrected chi connectivity index (χ1v) is 5.25. The van der Waals surface area contributed by atoms with E-state index in [0.717, 1.165) is 19.4 Å². The first-order valence-electron chi connectivity index (χ1n) is 3.85. The summed E-state index contributed by atoms with van der Waals surface area (Å²) in [6.07, 6.45) is 2.06. The summed E-state index contributed by atoms with van der Waals surface area (Å²) in [6, 6.07) is 0.269. The average molecular weight is 176 g/mol. The summed E-state index contributed by atoms with van der Waals surface area (Å²) in [5, 5.41) is 0. The number of hydrogen-bond donors (Lipinski definition) is 0. The molecule has 2 fully saturated rings. The van der Waals surface area contributed by atoms with Gasteiger partial charge in [-0.25, -0.2) is 0 Å². The highest BCUT2D eigenvalue weighted by Crippen LogP contribution is 2.29. The van der Waals surface area contributed by atoms with Crippen LogP contribution in [0.2, 0.25) is 0 Å². The van der Waals surface area contributed by atoms with Gasteiger partial charge in [0.1, 0.15) is 0 Å². The summed E-state index contributed by atoms with van der Waals surface area (Å²) in [6.45, 7) is 1.40. The third kappa shape index (κ3) is 0.913. The Hall–Kier alpha value is -0.130. The van der Waals surface area contributed by atoms with Crippen molar-refractivity contribution in [2.24, 2.45) is 0 Å². The smallest absolute Gasteiger partial charge is 0.195 e. The Morgan fingerprint density at radius 1 is 1.45 bits per heavy atom. The molecule has 0 amide bonds. The van der Waals surface area contributed by atoms with Crippen LogP contribution in [0.5, 0.6) is 0 Å². The zero-order valence-corrected chi connectivity index (χ0v) is 7.34. The van der Waals surface area contributed by atoms with Crippen LogP contribution in [0, 0.1) is 0 Å². The summed E-state index contributed by atoms with van der Waals surface area (Å²) in [4.78, 5) is 0. The van der Waals surface area contributed by atoms with Crippen molar-refractivity contribution in [3.8, 4) is 0 Å². The summed E-state index contributed by atoms with van der Waals surface area (Å²) < 4.78 is 25.9. The predicted octanol–water partition coefficient (Wildman–Crippen LogP) is -0.359. The van der Waals surface area contributed by atoms with Gasteiger partial charge in [-0.05, 0) is 12.8 Å². The van der Waals surface area contributed by atoms with E-state index in [2.05, 4.69) is 0 Å². The van der Waals surface area contributed by atoms with Crippen LogP contribution in [-0.2, 0) is 10.2 Å². The maximum absolute atomic E-state index is 11.4. The molecule has 0 bridgehead atoms. The van der Waals surface area contributed by atoms with E-state index in [1.807, 2.05) is 0 Å². The molecule has 1 atom stereocenters. The van der Waals surface area contributed by atoms with Crippen molar-refractivity contribution in [1.29, 1.82) is 0 Å². The van der Waals surface area contributed by atoms with Gasteiger partial charge >= 0.3 is 0 Å². The standard InChI is InChI=1S/C6H12N2O2S/c1-7-5-6-3-2-4-8(6)11(7,9)10/h6H,2-5H2,1H3. The molecule has 0 saturated carbocycles. The molecule has 2 heterocycles. The molecule has 0 aromatic heterocycles.